The van der Waals surface area contributed by atoms with Gasteiger partial charge in [0.05, 0.1) is 79.1 Å². The number of ketones is 1. The van der Waals surface area contributed by atoms with E-state index in [4.69, 9.17) is 38.3 Å². The molecule has 0 aliphatic heterocycles. The predicted molar refractivity (Wildman–Crippen MR) is 154 cm³/mol. The van der Waals surface area contributed by atoms with Crippen LogP contribution in [0.5, 0.6) is 0 Å². The average molecular weight is 593 g/mol. The maximum atomic E-state index is 11.3. The van der Waals surface area contributed by atoms with Gasteiger partial charge in [-0.25, -0.2) is 4.79 Å². The second-order valence-corrected chi connectivity index (χ2v) is 9.66. The minimum atomic E-state index is -1.55. The summed E-state index contributed by atoms with van der Waals surface area (Å²) in [5.74, 6) is -3.21. The molecule has 0 fully saturated rings. The molecule has 11 heteroatoms. The van der Waals surface area contributed by atoms with Gasteiger partial charge in [0, 0.05) is 13.0 Å². The Labute approximate surface area is 246 Å². The van der Waals surface area contributed by atoms with Crippen molar-refractivity contribution in [2.24, 2.45) is 0 Å². The van der Waals surface area contributed by atoms with Gasteiger partial charge in [0.2, 0.25) is 5.78 Å². The Balaban J connectivity index is 3.12. The lowest BCUT2D eigenvalue weighted by Gasteiger charge is -2.08. The number of Topliss-reactive ketones (excluding diaryl/α,β-unsaturated/α-hetero) is 1. The normalized spacial score (nSPS) is 11.1. The third kappa shape index (κ3) is 32.7. The molecule has 0 atom stereocenters. The lowest BCUT2D eigenvalue weighted by Crippen LogP contribution is -2.17. The van der Waals surface area contributed by atoms with E-state index in [1.807, 2.05) is 0 Å². The summed E-state index contributed by atoms with van der Waals surface area (Å²) < 4.78 is 37.5. The van der Waals surface area contributed by atoms with E-state index in [1.54, 1.807) is 0 Å². The number of rotatable bonds is 34. The Morgan fingerprint density at radius 2 is 0.780 bits per heavy atom. The summed E-state index contributed by atoms with van der Waals surface area (Å²) in [6, 6.07) is 0. The molecule has 0 aromatic heterocycles. The van der Waals surface area contributed by atoms with Gasteiger partial charge in [-0.3, -0.25) is 9.59 Å². The zero-order valence-electron chi connectivity index (χ0n) is 25.4. The van der Waals surface area contributed by atoms with Gasteiger partial charge in [-0.05, 0) is 6.42 Å². The van der Waals surface area contributed by atoms with Crippen molar-refractivity contribution in [3.63, 3.8) is 0 Å². The van der Waals surface area contributed by atoms with Crippen LogP contribution in [0.2, 0.25) is 0 Å². The molecule has 0 bridgehead atoms. The summed E-state index contributed by atoms with van der Waals surface area (Å²) >= 11 is 0. The predicted octanol–water partition coefficient (Wildman–Crippen LogP) is 4.37. The Kier molecular flexibility index (Phi) is 31.6. The quantitative estimate of drug-likeness (QED) is 0.0648. The summed E-state index contributed by atoms with van der Waals surface area (Å²) in [4.78, 5) is 32.6. The van der Waals surface area contributed by atoms with Crippen molar-refractivity contribution >= 4 is 17.7 Å². The van der Waals surface area contributed by atoms with E-state index in [2.05, 4.69) is 6.92 Å². The van der Waals surface area contributed by atoms with Crippen LogP contribution >= 0.6 is 0 Å². The number of ether oxygens (including phenoxy) is 7. The van der Waals surface area contributed by atoms with Crippen molar-refractivity contribution in [2.75, 3.05) is 85.9 Å². The first kappa shape index (κ1) is 39.4. The number of carbonyl (C=O) groups is 3. The third-order valence-electron chi connectivity index (χ3n) is 6.04. The third-order valence-corrected chi connectivity index (χ3v) is 6.04. The van der Waals surface area contributed by atoms with E-state index in [-0.39, 0.29) is 26.1 Å². The molecule has 0 aliphatic rings. The van der Waals surface area contributed by atoms with E-state index in [1.165, 1.54) is 64.2 Å². The molecule has 242 valence electrons. The zero-order chi connectivity index (χ0) is 30.1. The first-order valence-corrected chi connectivity index (χ1v) is 15.5. The summed E-state index contributed by atoms with van der Waals surface area (Å²) in [6.07, 6.45) is 14.1. The van der Waals surface area contributed by atoms with Crippen molar-refractivity contribution in [2.45, 2.75) is 90.4 Å². The average Bonchev–Trinajstić information content (AvgIpc) is 2.96. The van der Waals surface area contributed by atoms with E-state index < -0.39 is 17.7 Å². The van der Waals surface area contributed by atoms with E-state index in [9.17, 15) is 14.4 Å². The van der Waals surface area contributed by atoms with Crippen molar-refractivity contribution in [3.8, 4) is 0 Å². The van der Waals surface area contributed by atoms with E-state index in [0.717, 1.165) is 13.0 Å². The zero-order valence-corrected chi connectivity index (χ0v) is 25.4. The number of carboxylic acids is 1. The van der Waals surface area contributed by atoms with Gasteiger partial charge in [-0.1, -0.05) is 71.1 Å². The first-order chi connectivity index (χ1) is 20.1. The molecule has 0 unspecified atom stereocenters. The highest BCUT2D eigenvalue weighted by Gasteiger charge is 2.14. The highest BCUT2D eigenvalue weighted by Crippen LogP contribution is 2.11. The minimum absolute atomic E-state index is 0.0293. The second-order valence-electron chi connectivity index (χ2n) is 9.66. The number of hydrogen-bond donors (Lipinski definition) is 1. The number of aliphatic carboxylic acids is 1. The molecule has 0 saturated heterocycles. The van der Waals surface area contributed by atoms with E-state index in [0.29, 0.717) is 66.1 Å². The van der Waals surface area contributed by atoms with Crippen LogP contribution < -0.4 is 0 Å². The van der Waals surface area contributed by atoms with Gasteiger partial charge in [-0.2, -0.15) is 0 Å². The van der Waals surface area contributed by atoms with Crippen LogP contribution in [-0.4, -0.2) is 109 Å². The lowest BCUT2D eigenvalue weighted by molar-refractivity contribution is -0.151. The van der Waals surface area contributed by atoms with Crippen molar-refractivity contribution in [1.29, 1.82) is 0 Å². The molecular formula is C30H56O11. The van der Waals surface area contributed by atoms with Crippen LogP contribution in [0.3, 0.4) is 0 Å². The number of hydrogen-bond acceptors (Lipinski definition) is 10. The fourth-order valence-electron chi connectivity index (χ4n) is 3.68. The van der Waals surface area contributed by atoms with Crippen LogP contribution in [0.1, 0.15) is 90.4 Å². The van der Waals surface area contributed by atoms with Gasteiger partial charge >= 0.3 is 11.9 Å². The van der Waals surface area contributed by atoms with Crippen molar-refractivity contribution in [1.82, 2.24) is 0 Å². The maximum Gasteiger partial charge on any atom is 0.372 e. The van der Waals surface area contributed by atoms with Gasteiger partial charge in [0.15, 0.2) is 0 Å². The first-order valence-electron chi connectivity index (χ1n) is 15.5. The molecule has 0 saturated carbocycles. The Hall–Kier alpha value is -1.63. The van der Waals surface area contributed by atoms with Gasteiger partial charge in [-0.15, -0.1) is 0 Å². The summed E-state index contributed by atoms with van der Waals surface area (Å²) in [6.45, 7) is 8.11. The number of unbranched alkanes of at least 4 members (excludes halogenated alkanes) is 10. The molecule has 0 rings (SSSR count). The SMILES string of the molecule is CCCCCCCCCCCCCOCCOCCOCCOCCOCCOCCOC(=O)CCC(=O)C(=O)O. The Morgan fingerprint density at radius 1 is 0.439 bits per heavy atom. The van der Waals surface area contributed by atoms with Gasteiger partial charge < -0.3 is 38.3 Å². The molecule has 0 aromatic carbocycles. The molecule has 0 aliphatic carbocycles. The van der Waals surface area contributed by atoms with Crippen LogP contribution in [0.4, 0.5) is 0 Å². The van der Waals surface area contributed by atoms with Gasteiger partial charge in [0.25, 0.3) is 0 Å². The molecule has 0 aromatic rings. The van der Waals surface area contributed by atoms with E-state index >= 15 is 0 Å². The molecule has 41 heavy (non-hydrogen) atoms. The van der Waals surface area contributed by atoms with Crippen molar-refractivity contribution < 1.29 is 52.6 Å². The number of carbonyl (C=O) groups excluding carboxylic acids is 2. The topological polar surface area (TPSA) is 136 Å². The molecule has 11 nitrogen and oxygen atoms in total. The standard InChI is InChI=1S/C30H56O11/c1-2-3-4-5-6-7-8-9-10-11-12-15-35-16-17-36-18-19-37-20-21-38-22-23-39-24-25-40-26-27-41-29(32)14-13-28(31)30(33)34/h2-27H2,1H3,(H,33,34). The van der Waals surface area contributed by atoms with Crippen LogP contribution in [-0.2, 0) is 47.5 Å². The molecular weight excluding hydrogens is 536 g/mol. The summed E-state index contributed by atoms with van der Waals surface area (Å²) in [5, 5.41) is 8.43. The monoisotopic (exact) mass is 592 g/mol. The number of esters is 1. The second kappa shape index (κ2) is 32.9. The van der Waals surface area contributed by atoms with Crippen LogP contribution in [0.25, 0.3) is 0 Å². The number of carboxylic acid groups (broad SMARTS) is 1. The summed E-state index contributed by atoms with van der Waals surface area (Å²) in [7, 11) is 0. The molecule has 0 spiro atoms. The molecule has 0 heterocycles. The minimum Gasteiger partial charge on any atom is -0.476 e. The van der Waals surface area contributed by atoms with Crippen LogP contribution in [0, 0.1) is 0 Å². The van der Waals surface area contributed by atoms with Crippen LogP contribution in [0.15, 0.2) is 0 Å². The van der Waals surface area contributed by atoms with Gasteiger partial charge in [0.1, 0.15) is 6.61 Å². The molecule has 1 N–H and O–H groups in total. The fourth-order valence-corrected chi connectivity index (χ4v) is 3.68. The molecule has 0 radical (unpaired) electrons. The van der Waals surface area contributed by atoms with Crippen molar-refractivity contribution in [3.05, 3.63) is 0 Å². The fraction of sp³-hybridized carbons (Fsp3) is 0.900. The summed E-state index contributed by atoms with van der Waals surface area (Å²) in [5.41, 5.74) is 0. The Bertz CT molecular complexity index is 601. The Morgan fingerprint density at radius 3 is 1.17 bits per heavy atom. The highest BCUT2D eigenvalue weighted by atomic mass is 16.6. The highest BCUT2D eigenvalue weighted by molar-refractivity contribution is 6.32. The maximum absolute atomic E-state index is 11.3. The largest absolute Gasteiger partial charge is 0.476 e. The molecule has 0 amide bonds. The smallest absolute Gasteiger partial charge is 0.372 e. The lowest BCUT2D eigenvalue weighted by atomic mass is 10.1.